The number of allylic oxidation sites excluding steroid dienone is 1. The van der Waals surface area contributed by atoms with Crippen LogP contribution in [0.5, 0.6) is 17.2 Å². The number of nitrogens with zero attached hydrogens (tertiary/aromatic N) is 3. The molecule has 166 valence electrons. The van der Waals surface area contributed by atoms with E-state index in [0.29, 0.717) is 46.9 Å². The van der Waals surface area contributed by atoms with Gasteiger partial charge < -0.3 is 25.3 Å². The second-order valence-electron chi connectivity index (χ2n) is 7.21. The number of fused-ring (bicyclic) bond motifs is 1. The second-order valence-corrected chi connectivity index (χ2v) is 7.21. The first-order valence-electron chi connectivity index (χ1n) is 10.2. The van der Waals surface area contributed by atoms with E-state index in [1.807, 2.05) is 49.4 Å². The van der Waals surface area contributed by atoms with E-state index in [1.54, 1.807) is 25.8 Å². The molecule has 0 aliphatic carbocycles. The maximum atomic E-state index is 12.4. The number of ether oxygens (including phenoxy) is 3. The zero-order chi connectivity index (χ0) is 22.8. The first kappa shape index (κ1) is 21.2. The molecule has 32 heavy (non-hydrogen) atoms. The molecule has 0 bridgehead atoms. The van der Waals surface area contributed by atoms with Crippen LogP contribution in [0.3, 0.4) is 0 Å². The Kier molecular flexibility index (Phi) is 5.72. The van der Waals surface area contributed by atoms with Crippen LogP contribution in [-0.4, -0.2) is 41.5 Å². The monoisotopic (exact) mass is 435 g/mol. The van der Waals surface area contributed by atoms with E-state index in [9.17, 15) is 4.79 Å². The van der Waals surface area contributed by atoms with Crippen LogP contribution in [0.1, 0.15) is 25.5 Å². The molecule has 0 saturated carbocycles. The third-order valence-corrected chi connectivity index (χ3v) is 5.25. The van der Waals surface area contributed by atoms with Gasteiger partial charge in [0, 0.05) is 11.3 Å². The highest BCUT2D eigenvalue weighted by molar-refractivity contribution is 5.95. The highest BCUT2D eigenvalue weighted by Crippen LogP contribution is 2.39. The summed E-state index contributed by atoms with van der Waals surface area (Å²) in [6.07, 6.45) is 0. The first-order chi connectivity index (χ1) is 15.5. The lowest BCUT2D eigenvalue weighted by Gasteiger charge is -2.28. The Labute approximate surface area is 185 Å². The maximum absolute atomic E-state index is 12.4. The quantitative estimate of drug-likeness (QED) is 0.586. The van der Waals surface area contributed by atoms with Gasteiger partial charge in [-0.3, -0.25) is 4.79 Å². The molecule has 0 radical (unpaired) electrons. The Hall–Kier alpha value is -4.01. The first-order valence-corrected chi connectivity index (χ1v) is 10.2. The summed E-state index contributed by atoms with van der Waals surface area (Å²) in [6, 6.07) is 12.4. The smallest absolute Gasteiger partial charge is 0.248 e. The van der Waals surface area contributed by atoms with E-state index >= 15 is 0 Å². The molecule has 1 amide bonds. The van der Waals surface area contributed by atoms with Crippen molar-refractivity contribution in [1.29, 1.82) is 0 Å². The van der Waals surface area contributed by atoms with Gasteiger partial charge in [-0.1, -0.05) is 18.2 Å². The average Bonchev–Trinajstić information content (AvgIpc) is 3.22. The summed E-state index contributed by atoms with van der Waals surface area (Å²) in [7, 11) is 3.18. The van der Waals surface area contributed by atoms with Gasteiger partial charge in [-0.15, -0.1) is 5.10 Å². The number of methoxy groups -OCH3 is 2. The zero-order valence-electron chi connectivity index (χ0n) is 18.4. The number of anilines is 1. The van der Waals surface area contributed by atoms with Crippen molar-refractivity contribution in [1.82, 2.24) is 14.8 Å². The summed E-state index contributed by atoms with van der Waals surface area (Å²) in [6.45, 7) is 4.20. The van der Waals surface area contributed by atoms with Gasteiger partial charge in [0.15, 0.2) is 17.3 Å². The van der Waals surface area contributed by atoms with Crippen molar-refractivity contribution in [2.24, 2.45) is 5.73 Å². The number of hydrogen-bond acceptors (Lipinski definition) is 7. The van der Waals surface area contributed by atoms with Gasteiger partial charge in [-0.05, 0) is 43.7 Å². The van der Waals surface area contributed by atoms with Crippen LogP contribution in [0.25, 0.3) is 11.4 Å². The topological polar surface area (TPSA) is 114 Å². The Morgan fingerprint density at radius 1 is 1.16 bits per heavy atom. The van der Waals surface area contributed by atoms with Crippen LogP contribution in [0.4, 0.5) is 5.95 Å². The lowest BCUT2D eigenvalue weighted by Crippen LogP contribution is -2.31. The molecule has 4 rings (SSSR count). The molecule has 1 aliphatic heterocycles. The van der Waals surface area contributed by atoms with Gasteiger partial charge in [-0.2, -0.15) is 4.98 Å². The summed E-state index contributed by atoms with van der Waals surface area (Å²) in [4.78, 5) is 17.1. The van der Waals surface area contributed by atoms with Crippen LogP contribution >= 0.6 is 0 Å². The van der Waals surface area contributed by atoms with E-state index in [-0.39, 0.29) is 0 Å². The van der Waals surface area contributed by atoms with Gasteiger partial charge in [0.05, 0.1) is 26.4 Å². The van der Waals surface area contributed by atoms with Crippen molar-refractivity contribution in [3.8, 4) is 28.6 Å². The number of nitrogens with two attached hydrogens (primary N) is 1. The molecule has 2 heterocycles. The maximum Gasteiger partial charge on any atom is 0.248 e. The molecule has 2 aromatic carbocycles. The molecule has 1 aliphatic rings. The molecule has 0 saturated heterocycles. The summed E-state index contributed by atoms with van der Waals surface area (Å²) < 4.78 is 18.1. The highest BCUT2D eigenvalue weighted by Gasteiger charge is 2.34. The third-order valence-electron chi connectivity index (χ3n) is 5.25. The Morgan fingerprint density at radius 3 is 2.66 bits per heavy atom. The molecule has 0 unspecified atom stereocenters. The molecule has 0 spiro atoms. The van der Waals surface area contributed by atoms with Crippen molar-refractivity contribution in [3.63, 3.8) is 0 Å². The van der Waals surface area contributed by atoms with Crippen molar-refractivity contribution in [3.05, 3.63) is 59.3 Å². The summed E-state index contributed by atoms with van der Waals surface area (Å²) in [5.74, 6) is 2.32. The molecule has 9 nitrogen and oxygen atoms in total. The molecule has 0 fully saturated rings. The van der Waals surface area contributed by atoms with Gasteiger partial charge in [0.25, 0.3) is 0 Å². The number of rotatable bonds is 7. The minimum atomic E-state index is -0.583. The molecule has 3 aromatic rings. The number of hydrogen-bond donors (Lipinski definition) is 2. The molecule has 9 heteroatoms. The number of carbonyl (C=O) groups is 1. The van der Waals surface area contributed by atoms with Gasteiger partial charge in [0.1, 0.15) is 11.8 Å². The van der Waals surface area contributed by atoms with E-state index < -0.39 is 11.9 Å². The number of carbonyl (C=O) groups excluding carboxylic acids is 1. The average molecular weight is 435 g/mol. The summed E-state index contributed by atoms with van der Waals surface area (Å²) in [5.41, 5.74) is 8.34. The van der Waals surface area contributed by atoms with E-state index in [1.165, 1.54) is 0 Å². The lowest BCUT2D eigenvalue weighted by atomic mass is 9.95. The van der Waals surface area contributed by atoms with Crippen molar-refractivity contribution < 1.29 is 19.0 Å². The number of primary amides is 1. The minimum absolute atomic E-state index is 0.394. The lowest BCUT2D eigenvalue weighted by molar-refractivity contribution is -0.115. The van der Waals surface area contributed by atoms with Crippen LogP contribution in [0, 0.1) is 0 Å². The molecule has 1 aromatic heterocycles. The normalized spacial score (nSPS) is 15.1. The minimum Gasteiger partial charge on any atom is -0.497 e. The number of benzene rings is 2. The largest absolute Gasteiger partial charge is 0.497 e. The zero-order valence-corrected chi connectivity index (χ0v) is 18.4. The standard InChI is InChI=1S/C23H25N5O4/c1-5-32-17-10-9-14(12-18(17)31-4)20-19(21(24)29)13(2)25-23-26-22(27-28(20)23)15-7-6-8-16(11-15)30-3/h6-12,20H,5H2,1-4H3,(H2,24,29)(H,25,26,27)/t20-/m1/s1. The van der Waals surface area contributed by atoms with Crippen molar-refractivity contribution >= 4 is 11.9 Å². The van der Waals surface area contributed by atoms with Gasteiger partial charge >= 0.3 is 0 Å². The second kappa shape index (κ2) is 8.62. The fourth-order valence-corrected chi connectivity index (χ4v) is 3.79. The molecule has 3 N–H and O–H groups in total. The third kappa shape index (κ3) is 3.73. The highest BCUT2D eigenvalue weighted by atomic mass is 16.5. The van der Waals surface area contributed by atoms with Crippen molar-refractivity contribution in [2.75, 3.05) is 26.1 Å². The van der Waals surface area contributed by atoms with Gasteiger partial charge in [0.2, 0.25) is 11.9 Å². The Morgan fingerprint density at radius 2 is 1.97 bits per heavy atom. The SMILES string of the molecule is CCOc1ccc([C@@H]2C(C(N)=O)=C(C)Nc3nc(-c4cccc(OC)c4)nn32)cc1OC. The van der Waals surface area contributed by atoms with Crippen LogP contribution < -0.4 is 25.3 Å². The molecular formula is C23H25N5O4. The fraction of sp³-hybridized carbons (Fsp3) is 0.261. The predicted molar refractivity (Wildman–Crippen MR) is 120 cm³/mol. The molecule has 1 atom stereocenters. The van der Waals surface area contributed by atoms with Crippen molar-refractivity contribution in [2.45, 2.75) is 19.9 Å². The summed E-state index contributed by atoms with van der Waals surface area (Å²) in [5, 5.41) is 7.86. The van der Waals surface area contributed by atoms with Crippen LogP contribution in [0.2, 0.25) is 0 Å². The Balaban J connectivity index is 1.86. The number of aromatic nitrogens is 3. The fourth-order valence-electron chi connectivity index (χ4n) is 3.79. The number of amides is 1. The van der Waals surface area contributed by atoms with Crippen LogP contribution in [-0.2, 0) is 4.79 Å². The van der Waals surface area contributed by atoms with E-state index in [2.05, 4.69) is 10.3 Å². The number of nitrogens with one attached hydrogen (secondary N) is 1. The Bertz CT molecular complexity index is 1200. The summed E-state index contributed by atoms with van der Waals surface area (Å²) >= 11 is 0. The van der Waals surface area contributed by atoms with Gasteiger partial charge in [-0.25, -0.2) is 4.68 Å². The molecular weight excluding hydrogens is 410 g/mol. The predicted octanol–water partition coefficient (Wildman–Crippen LogP) is 3.14. The van der Waals surface area contributed by atoms with E-state index in [0.717, 1.165) is 11.1 Å². The van der Waals surface area contributed by atoms with E-state index in [4.69, 9.17) is 25.0 Å². The van der Waals surface area contributed by atoms with Crippen LogP contribution in [0.15, 0.2) is 53.7 Å².